The summed E-state index contributed by atoms with van der Waals surface area (Å²) < 4.78 is 28.1. The predicted octanol–water partition coefficient (Wildman–Crippen LogP) is 2.04. The van der Waals surface area contributed by atoms with Crippen LogP contribution in [-0.2, 0) is 29.4 Å². The highest BCUT2D eigenvalue weighted by molar-refractivity contribution is 7.73. The second-order valence-electron chi connectivity index (χ2n) is 7.44. The van der Waals surface area contributed by atoms with E-state index >= 15 is 0 Å². The lowest BCUT2D eigenvalue weighted by Gasteiger charge is -2.25. The topological polar surface area (TPSA) is 94.6 Å². The molecule has 1 saturated carbocycles. The van der Waals surface area contributed by atoms with Crippen LogP contribution in [0.5, 0.6) is 0 Å². The van der Waals surface area contributed by atoms with Gasteiger partial charge in [0.25, 0.3) is 0 Å². The van der Waals surface area contributed by atoms with Gasteiger partial charge in [0.15, 0.2) is 17.5 Å². The Bertz CT molecular complexity index is 845. The number of ketones is 2. The maximum absolute atomic E-state index is 13.0. The van der Waals surface area contributed by atoms with Crippen molar-refractivity contribution in [3.63, 3.8) is 0 Å². The third-order valence-electron chi connectivity index (χ3n) is 4.04. The normalized spacial score (nSPS) is 21.4. The Morgan fingerprint density at radius 3 is 2.23 bits per heavy atom. The first-order chi connectivity index (χ1) is 11.9. The van der Waals surface area contributed by atoms with E-state index in [-0.39, 0.29) is 16.4 Å². The lowest BCUT2D eigenvalue weighted by Crippen LogP contribution is -2.41. The molecule has 0 aliphatic heterocycles. The number of carbonyl (C=O) groups excluding carboxylic acids is 3. The summed E-state index contributed by atoms with van der Waals surface area (Å²) in [7, 11) is -2.62. The van der Waals surface area contributed by atoms with Crippen LogP contribution in [0.3, 0.4) is 0 Å². The molecule has 1 fully saturated rings. The summed E-state index contributed by atoms with van der Waals surface area (Å²) in [4.78, 5) is 37.9. The van der Waals surface area contributed by atoms with Crippen LogP contribution in [-0.4, -0.2) is 41.8 Å². The highest BCUT2D eigenvalue weighted by Gasteiger charge is 2.46. The molecule has 0 N–H and O–H groups in total. The second-order valence-corrected chi connectivity index (χ2v) is 8.79. The number of ether oxygens (including phenoxy) is 1. The van der Waals surface area contributed by atoms with E-state index in [0.29, 0.717) is 18.4 Å². The van der Waals surface area contributed by atoms with Gasteiger partial charge in [-0.25, -0.2) is 0 Å². The molecule has 0 bridgehead atoms. The van der Waals surface area contributed by atoms with Crippen LogP contribution in [0, 0.1) is 11.8 Å². The summed E-state index contributed by atoms with van der Waals surface area (Å²) >= 11 is 6.19. The van der Waals surface area contributed by atoms with Crippen LogP contribution >= 0.6 is 11.6 Å². The zero-order chi connectivity index (χ0) is 19.8. The van der Waals surface area contributed by atoms with E-state index in [1.807, 2.05) is 0 Å². The van der Waals surface area contributed by atoms with E-state index in [9.17, 15) is 22.8 Å². The van der Waals surface area contributed by atoms with Crippen LogP contribution in [0.2, 0.25) is 0 Å². The number of hydrogen-bond acceptors (Lipinski definition) is 6. The summed E-state index contributed by atoms with van der Waals surface area (Å²) in [5.41, 5.74) is -0.566. The SMILES string of the molecule is CC1=CC=C(C(=O)C(C(=O)OC(C)(C)C)C(=O)C2CC2)C(Cl)C1=S(=O)=O. The van der Waals surface area contributed by atoms with Crippen molar-refractivity contribution in [2.45, 2.75) is 51.5 Å². The van der Waals surface area contributed by atoms with Crippen LogP contribution in [0.25, 0.3) is 0 Å². The monoisotopic (exact) mass is 400 g/mol. The number of carbonyl (C=O) groups is 3. The van der Waals surface area contributed by atoms with Gasteiger partial charge in [-0.3, -0.25) is 14.4 Å². The van der Waals surface area contributed by atoms with Crippen LogP contribution in [0.15, 0.2) is 23.3 Å². The third-order valence-corrected chi connectivity index (χ3v) is 5.54. The summed E-state index contributed by atoms with van der Waals surface area (Å²) in [6, 6.07) is 0. The highest BCUT2D eigenvalue weighted by atomic mass is 35.5. The molecule has 2 aliphatic rings. The van der Waals surface area contributed by atoms with Crippen molar-refractivity contribution >= 4 is 44.3 Å². The molecule has 2 unspecified atom stereocenters. The van der Waals surface area contributed by atoms with Crippen LogP contribution in [0.4, 0.5) is 0 Å². The second kappa shape index (κ2) is 7.48. The molecule has 0 amide bonds. The Hall–Kier alpha value is -1.73. The molecule has 0 aromatic heterocycles. The predicted molar refractivity (Wildman–Crippen MR) is 97.5 cm³/mol. The molecule has 2 rings (SSSR count). The molecule has 2 atom stereocenters. The number of rotatable bonds is 5. The molecule has 8 heteroatoms. The van der Waals surface area contributed by atoms with Gasteiger partial charge >= 0.3 is 5.97 Å². The van der Waals surface area contributed by atoms with Gasteiger partial charge in [0.05, 0.1) is 4.86 Å². The van der Waals surface area contributed by atoms with E-state index in [1.165, 1.54) is 12.2 Å². The first-order valence-corrected chi connectivity index (χ1v) is 9.75. The smallest absolute Gasteiger partial charge is 0.325 e. The summed E-state index contributed by atoms with van der Waals surface area (Å²) in [6.07, 6.45) is 4.04. The zero-order valence-corrected chi connectivity index (χ0v) is 16.6. The largest absolute Gasteiger partial charge is 0.459 e. The molecule has 0 heterocycles. The Kier molecular flexibility index (Phi) is 5.92. The van der Waals surface area contributed by atoms with Gasteiger partial charge < -0.3 is 4.74 Å². The number of esters is 1. The minimum Gasteiger partial charge on any atom is -0.459 e. The van der Waals surface area contributed by atoms with E-state index in [1.54, 1.807) is 27.7 Å². The van der Waals surface area contributed by atoms with Crippen molar-refractivity contribution in [3.8, 4) is 0 Å². The van der Waals surface area contributed by atoms with Gasteiger partial charge in [-0.15, -0.1) is 11.6 Å². The van der Waals surface area contributed by atoms with Gasteiger partial charge in [-0.2, -0.15) is 8.42 Å². The van der Waals surface area contributed by atoms with Crippen molar-refractivity contribution < 1.29 is 27.5 Å². The number of alkyl halides is 1. The van der Waals surface area contributed by atoms with Crippen LogP contribution < -0.4 is 0 Å². The van der Waals surface area contributed by atoms with E-state index in [0.717, 1.165) is 0 Å². The van der Waals surface area contributed by atoms with Gasteiger partial charge in [-0.05, 0) is 46.1 Å². The molecular formula is C18H21ClO6S. The van der Waals surface area contributed by atoms with E-state index < -0.39 is 44.7 Å². The first kappa shape index (κ1) is 20.6. The van der Waals surface area contributed by atoms with Crippen molar-refractivity contribution in [3.05, 3.63) is 23.3 Å². The maximum Gasteiger partial charge on any atom is 0.325 e. The number of allylic oxidation sites excluding steroid dienone is 4. The standard InChI is InChI=1S/C18H21ClO6S/c1-9-5-8-11(13(19)16(9)26(23)24)15(21)12(14(20)10-6-7-10)17(22)25-18(2,3)4/h5,8,10,12-13H,6-7H2,1-4H3. The van der Waals surface area contributed by atoms with Gasteiger partial charge in [-0.1, -0.05) is 12.2 Å². The zero-order valence-electron chi connectivity index (χ0n) is 15.0. The summed E-state index contributed by atoms with van der Waals surface area (Å²) in [6.45, 7) is 6.46. The molecule has 0 saturated heterocycles. The van der Waals surface area contributed by atoms with Crippen molar-refractivity contribution in [1.82, 2.24) is 0 Å². The first-order valence-electron chi connectivity index (χ1n) is 8.24. The Morgan fingerprint density at radius 1 is 1.19 bits per heavy atom. The maximum atomic E-state index is 13.0. The molecule has 6 nitrogen and oxygen atoms in total. The Labute approximate surface area is 158 Å². The molecule has 2 aliphatic carbocycles. The Balaban J connectivity index is 2.42. The van der Waals surface area contributed by atoms with E-state index in [2.05, 4.69) is 0 Å². The number of Topliss-reactive ketones (excluding diaryl/α,β-unsaturated/α-hetero) is 2. The van der Waals surface area contributed by atoms with Gasteiger partial charge in [0.1, 0.15) is 11.0 Å². The molecule has 0 aromatic rings. The average Bonchev–Trinajstić information content (AvgIpc) is 3.29. The molecular weight excluding hydrogens is 380 g/mol. The highest BCUT2D eigenvalue weighted by Crippen LogP contribution is 2.35. The molecule has 0 spiro atoms. The Morgan fingerprint density at radius 2 is 1.77 bits per heavy atom. The minimum absolute atomic E-state index is 0.0960. The number of halogens is 1. The summed E-state index contributed by atoms with van der Waals surface area (Å²) in [5, 5.41) is -1.25. The molecule has 0 radical (unpaired) electrons. The van der Waals surface area contributed by atoms with Gasteiger partial charge in [0, 0.05) is 11.5 Å². The van der Waals surface area contributed by atoms with Gasteiger partial charge in [0.2, 0.25) is 10.3 Å². The minimum atomic E-state index is -2.62. The fourth-order valence-electron chi connectivity index (χ4n) is 2.63. The van der Waals surface area contributed by atoms with Crippen LogP contribution in [0.1, 0.15) is 40.5 Å². The number of hydrogen-bond donors (Lipinski definition) is 0. The van der Waals surface area contributed by atoms with E-state index in [4.69, 9.17) is 16.3 Å². The quantitative estimate of drug-likeness (QED) is 0.303. The van der Waals surface area contributed by atoms with Crippen molar-refractivity contribution in [2.24, 2.45) is 11.8 Å². The molecule has 0 aromatic carbocycles. The van der Waals surface area contributed by atoms with Crippen molar-refractivity contribution in [1.29, 1.82) is 0 Å². The fraction of sp³-hybridized carbons (Fsp3) is 0.556. The average molecular weight is 401 g/mol. The summed E-state index contributed by atoms with van der Waals surface area (Å²) in [5.74, 6) is -4.20. The lowest BCUT2D eigenvalue weighted by molar-refractivity contribution is -0.163. The molecule has 26 heavy (non-hydrogen) atoms. The third kappa shape index (κ3) is 4.51. The lowest BCUT2D eigenvalue weighted by atomic mass is 9.86. The fourth-order valence-corrected chi connectivity index (χ4v) is 3.83. The van der Waals surface area contributed by atoms with Crippen molar-refractivity contribution in [2.75, 3.05) is 0 Å². The molecule has 142 valence electrons.